The molecule has 0 heterocycles. The Labute approximate surface area is 114 Å². The van der Waals surface area contributed by atoms with Gasteiger partial charge < -0.3 is 10.8 Å². The standard InChI is InChI=1S/C16H24FNO/c1-3-9-16(10-4-2)14(18)8-5-11-12(17)6-7-13(19)15(11)16/h6-7,14,19H,3-5,8-10,18H2,1-2H3. The lowest BCUT2D eigenvalue weighted by molar-refractivity contribution is 0.249. The fraction of sp³-hybridized carbons (Fsp3) is 0.625. The Bertz CT molecular complexity index is 452. The van der Waals surface area contributed by atoms with Crippen molar-refractivity contribution in [2.45, 2.75) is 63.8 Å². The maximum absolute atomic E-state index is 14.1. The van der Waals surface area contributed by atoms with Gasteiger partial charge in [-0.25, -0.2) is 4.39 Å². The molecule has 19 heavy (non-hydrogen) atoms. The van der Waals surface area contributed by atoms with Crippen LogP contribution in [-0.2, 0) is 11.8 Å². The summed E-state index contributed by atoms with van der Waals surface area (Å²) in [4.78, 5) is 0. The van der Waals surface area contributed by atoms with Crippen molar-refractivity contribution >= 4 is 0 Å². The van der Waals surface area contributed by atoms with Crippen LogP contribution in [0.15, 0.2) is 12.1 Å². The molecule has 1 atom stereocenters. The van der Waals surface area contributed by atoms with Gasteiger partial charge in [0.1, 0.15) is 11.6 Å². The van der Waals surface area contributed by atoms with Crippen molar-refractivity contribution in [1.82, 2.24) is 0 Å². The maximum Gasteiger partial charge on any atom is 0.126 e. The molecule has 0 saturated heterocycles. The van der Waals surface area contributed by atoms with Crippen LogP contribution >= 0.6 is 0 Å². The van der Waals surface area contributed by atoms with E-state index in [2.05, 4.69) is 13.8 Å². The molecular weight excluding hydrogens is 241 g/mol. The van der Waals surface area contributed by atoms with Crippen LogP contribution in [0, 0.1) is 5.82 Å². The minimum atomic E-state index is -0.261. The third-order valence-corrected chi connectivity index (χ3v) is 4.54. The van der Waals surface area contributed by atoms with E-state index in [0.717, 1.165) is 37.7 Å². The van der Waals surface area contributed by atoms with Gasteiger partial charge in [0.15, 0.2) is 0 Å². The van der Waals surface area contributed by atoms with Gasteiger partial charge in [0.2, 0.25) is 0 Å². The summed E-state index contributed by atoms with van der Waals surface area (Å²) in [6, 6.07) is 2.85. The monoisotopic (exact) mass is 265 g/mol. The summed E-state index contributed by atoms with van der Waals surface area (Å²) in [5.41, 5.74) is 7.60. The average Bonchev–Trinajstić information content (AvgIpc) is 2.38. The summed E-state index contributed by atoms with van der Waals surface area (Å²) < 4.78 is 14.1. The fourth-order valence-corrected chi connectivity index (χ4v) is 3.81. The number of benzene rings is 1. The first-order valence-electron chi connectivity index (χ1n) is 7.33. The van der Waals surface area contributed by atoms with E-state index in [0.29, 0.717) is 12.0 Å². The molecular formula is C16H24FNO. The molecule has 1 aliphatic carbocycles. The van der Waals surface area contributed by atoms with Crippen LogP contribution in [0.4, 0.5) is 4.39 Å². The second kappa shape index (κ2) is 5.49. The lowest BCUT2D eigenvalue weighted by Crippen LogP contribution is -2.49. The second-order valence-corrected chi connectivity index (χ2v) is 5.72. The zero-order valence-corrected chi connectivity index (χ0v) is 11.9. The van der Waals surface area contributed by atoms with Gasteiger partial charge >= 0.3 is 0 Å². The Morgan fingerprint density at radius 1 is 1.32 bits per heavy atom. The van der Waals surface area contributed by atoms with Crippen molar-refractivity contribution in [3.05, 3.63) is 29.1 Å². The highest BCUT2D eigenvalue weighted by Crippen LogP contribution is 2.48. The van der Waals surface area contributed by atoms with Gasteiger partial charge in [-0.2, -0.15) is 0 Å². The van der Waals surface area contributed by atoms with E-state index < -0.39 is 0 Å². The van der Waals surface area contributed by atoms with Crippen LogP contribution in [0.25, 0.3) is 0 Å². The summed E-state index contributed by atoms with van der Waals surface area (Å²) in [5.74, 6) is 0.0183. The van der Waals surface area contributed by atoms with Gasteiger partial charge in [-0.1, -0.05) is 26.7 Å². The fourth-order valence-electron chi connectivity index (χ4n) is 3.81. The highest BCUT2D eigenvalue weighted by molar-refractivity contribution is 5.48. The Morgan fingerprint density at radius 2 is 1.95 bits per heavy atom. The molecule has 0 aliphatic heterocycles. The van der Waals surface area contributed by atoms with Gasteiger partial charge in [-0.15, -0.1) is 0 Å². The summed E-state index contributed by atoms with van der Waals surface area (Å²) in [7, 11) is 0. The summed E-state index contributed by atoms with van der Waals surface area (Å²) in [6.07, 6.45) is 5.23. The number of nitrogens with two attached hydrogens (primary N) is 1. The molecule has 1 aromatic rings. The molecule has 2 rings (SSSR count). The van der Waals surface area contributed by atoms with E-state index in [4.69, 9.17) is 5.73 Å². The maximum atomic E-state index is 14.1. The van der Waals surface area contributed by atoms with Gasteiger partial charge in [0.05, 0.1) is 0 Å². The summed E-state index contributed by atoms with van der Waals surface area (Å²) in [6.45, 7) is 4.24. The number of aromatic hydroxyl groups is 1. The number of rotatable bonds is 4. The predicted molar refractivity (Wildman–Crippen MR) is 75.9 cm³/mol. The smallest absolute Gasteiger partial charge is 0.126 e. The summed E-state index contributed by atoms with van der Waals surface area (Å²) >= 11 is 0. The van der Waals surface area contributed by atoms with E-state index in [1.165, 1.54) is 12.1 Å². The van der Waals surface area contributed by atoms with E-state index in [-0.39, 0.29) is 23.0 Å². The Balaban J connectivity index is 2.64. The third-order valence-electron chi connectivity index (χ3n) is 4.54. The molecule has 0 bridgehead atoms. The first-order chi connectivity index (χ1) is 9.06. The Hall–Kier alpha value is -1.09. The zero-order chi connectivity index (χ0) is 14.0. The highest BCUT2D eigenvalue weighted by atomic mass is 19.1. The van der Waals surface area contributed by atoms with Crippen molar-refractivity contribution < 1.29 is 9.50 Å². The minimum absolute atomic E-state index is 0.00704. The van der Waals surface area contributed by atoms with Gasteiger partial charge in [-0.3, -0.25) is 0 Å². The normalized spacial score (nSPS) is 21.2. The molecule has 106 valence electrons. The van der Waals surface area contributed by atoms with Crippen LogP contribution in [-0.4, -0.2) is 11.1 Å². The molecule has 0 spiro atoms. The van der Waals surface area contributed by atoms with E-state index in [1.807, 2.05) is 0 Å². The SMILES string of the molecule is CCCC1(CCC)c2c(O)ccc(F)c2CCC1N. The lowest BCUT2D eigenvalue weighted by Gasteiger charge is -2.44. The van der Waals surface area contributed by atoms with Crippen LogP contribution in [0.2, 0.25) is 0 Å². The molecule has 1 aliphatic rings. The number of hydrogen-bond donors (Lipinski definition) is 2. The molecule has 3 N–H and O–H groups in total. The predicted octanol–water partition coefficient (Wildman–Crippen LogP) is 3.64. The van der Waals surface area contributed by atoms with Crippen LogP contribution in [0.1, 0.15) is 57.1 Å². The van der Waals surface area contributed by atoms with Crippen molar-refractivity contribution in [1.29, 1.82) is 0 Å². The number of phenolic OH excluding ortho intramolecular Hbond substituents is 1. The molecule has 0 radical (unpaired) electrons. The molecule has 0 saturated carbocycles. The van der Waals surface area contributed by atoms with Crippen molar-refractivity contribution in [3.8, 4) is 5.75 Å². The second-order valence-electron chi connectivity index (χ2n) is 5.72. The van der Waals surface area contributed by atoms with Crippen LogP contribution in [0.3, 0.4) is 0 Å². The number of hydrogen-bond acceptors (Lipinski definition) is 2. The molecule has 3 heteroatoms. The van der Waals surface area contributed by atoms with E-state index in [1.54, 1.807) is 0 Å². The Morgan fingerprint density at radius 3 is 2.53 bits per heavy atom. The van der Waals surface area contributed by atoms with Crippen molar-refractivity contribution in [3.63, 3.8) is 0 Å². The van der Waals surface area contributed by atoms with Gasteiger partial charge in [0.25, 0.3) is 0 Å². The van der Waals surface area contributed by atoms with E-state index >= 15 is 0 Å². The summed E-state index contributed by atoms with van der Waals surface area (Å²) in [5, 5.41) is 10.3. The quantitative estimate of drug-likeness (QED) is 0.873. The lowest BCUT2D eigenvalue weighted by atomic mass is 9.62. The topological polar surface area (TPSA) is 46.2 Å². The third kappa shape index (κ3) is 2.25. The van der Waals surface area contributed by atoms with Gasteiger partial charge in [0, 0.05) is 17.0 Å². The largest absolute Gasteiger partial charge is 0.508 e. The number of halogens is 1. The molecule has 2 nitrogen and oxygen atoms in total. The van der Waals surface area contributed by atoms with Gasteiger partial charge in [-0.05, 0) is 43.4 Å². The van der Waals surface area contributed by atoms with Crippen molar-refractivity contribution in [2.75, 3.05) is 0 Å². The minimum Gasteiger partial charge on any atom is -0.508 e. The Kier molecular flexibility index (Phi) is 4.14. The highest BCUT2D eigenvalue weighted by Gasteiger charge is 2.43. The first kappa shape index (κ1) is 14.3. The average molecular weight is 265 g/mol. The van der Waals surface area contributed by atoms with Crippen LogP contribution < -0.4 is 5.73 Å². The molecule has 0 fully saturated rings. The van der Waals surface area contributed by atoms with Crippen molar-refractivity contribution in [2.24, 2.45) is 5.73 Å². The zero-order valence-electron chi connectivity index (χ0n) is 11.9. The van der Waals surface area contributed by atoms with E-state index in [9.17, 15) is 9.50 Å². The molecule has 0 amide bonds. The number of phenols is 1. The molecule has 1 unspecified atom stereocenters. The molecule has 0 aromatic heterocycles. The molecule has 1 aromatic carbocycles. The first-order valence-corrected chi connectivity index (χ1v) is 7.33. The number of fused-ring (bicyclic) bond motifs is 1. The van der Waals surface area contributed by atoms with Crippen LogP contribution in [0.5, 0.6) is 5.75 Å².